The molecule has 1 saturated carbocycles. The van der Waals surface area contributed by atoms with Gasteiger partial charge in [0.25, 0.3) is 0 Å². The van der Waals surface area contributed by atoms with Gasteiger partial charge in [-0.15, -0.1) is 0 Å². The average Bonchev–Trinajstić information content (AvgIpc) is 3.00. The van der Waals surface area contributed by atoms with Crippen LogP contribution in [0.15, 0.2) is 24.3 Å². The van der Waals surface area contributed by atoms with Crippen LogP contribution in [0.25, 0.3) is 0 Å². The molecule has 0 radical (unpaired) electrons. The fourth-order valence-corrected chi connectivity index (χ4v) is 3.59. The van der Waals surface area contributed by atoms with Gasteiger partial charge in [-0.05, 0) is 72.5 Å². The molecule has 1 aromatic carbocycles. The van der Waals surface area contributed by atoms with Crippen LogP contribution in [0, 0.1) is 3.57 Å². The molecule has 1 N–H and O–H groups in total. The molecule has 1 spiro atoms. The lowest BCUT2D eigenvalue weighted by molar-refractivity contribution is -0.0307. The standard InChI is InChI=1S/C15H20INO/c16-12-3-5-13(6-4-12)17-11-14-7-10-15(18-14)8-1-2-9-15/h3-6,14,17H,1-2,7-11H2. The van der Waals surface area contributed by atoms with Gasteiger partial charge in [-0.1, -0.05) is 12.8 Å². The van der Waals surface area contributed by atoms with Gasteiger partial charge in [-0.3, -0.25) is 0 Å². The normalized spacial score (nSPS) is 25.7. The SMILES string of the molecule is Ic1ccc(NCC2CCC3(CCCC3)O2)cc1. The van der Waals surface area contributed by atoms with E-state index in [0.29, 0.717) is 6.10 Å². The Bertz CT molecular complexity index is 397. The minimum Gasteiger partial charge on any atom is -0.382 e. The first-order valence-electron chi connectivity index (χ1n) is 6.93. The van der Waals surface area contributed by atoms with E-state index in [2.05, 4.69) is 52.2 Å². The largest absolute Gasteiger partial charge is 0.382 e. The summed E-state index contributed by atoms with van der Waals surface area (Å²) >= 11 is 2.33. The molecular weight excluding hydrogens is 337 g/mol. The summed E-state index contributed by atoms with van der Waals surface area (Å²) in [4.78, 5) is 0. The van der Waals surface area contributed by atoms with E-state index in [1.54, 1.807) is 0 Å². The first kappa shape index (κ1) is 12.7. The molecule has 0 amide bonds. The van der Waals surface area contributed by atoms with Crippen molar-refractivity contribution in [3.63, 3.8) is 0 Å². The highest BCUT2D eigenvalue weighted by Gasteiger charge is 2.41. The molecule has 1 aliphatic heterocycles. The van der Waals surface area contributed by atoms with Crippen LogP contribution in [0.5, 0.6) is 0 Å². The molecule has 3 rings (SSSR count). The van der Waals surface area contributed by atoms with Crippen molar-refractivity contribution in [2.24, 2.45) is 0 Å². The van der Waals surface area contributed by atoms with Crippen molar-refractivity contribution in [3.8, 4) is 0 Å². The monoisotopic (exact) mass is 357 g/mol. The third kappa shape index (κ3) is 2.82. The second kappa shape index (κ2) is 5.37. The Kier molecular flexibility index (Phi) is 3.80. The third-order valence-corrected chi connectivity index (χ3v) is 4.95. The summed E-state index contributed by atoms with van der Waals surface area (Å²) in [5.74, 6) is 0. The van der Waals surface area contributed by atoms with Crippen molar-refractivity contribution in [2.45, 2.75) is 50.2 Å². The van der Waals surface area contributed by atoms with Crippen LogP contribution < -0.4 is 5.32 Å². The first-order chi connectivity index (χ1) is 8.76. The molecule has 18 heavy (non-hydrogen) atoms. The molecular formula is C15H20INO. The second-order valence-electron chi connectivity index (χ2n) is 5.56. The molecule has 1 aromatic rings. The van der Waals surface area contributed by atoms with Crippen LogP contribution in [-0.4, -0.2) is 18.2 Å². The van der Waals surface area contributed by atoms with Gasteiger partial charge < -0.3 is 10.1 Å². The van der Waals surface area contributed by atoms with Crippen LogP contribution in [0.4, 0.5) is 5.69 Å². The fourth-order valence-electron chi connectivity index (χ4n) is 3.23. The van der Waals surface area contributed by atoms with E-state index in [0.717, 1.165) is 6.54 Å². The minimum atomic E-state index is 0.262. The maximum Gasteiger partial charge on any atom is 0.0756 e. The number of nitrogens with one attached hydrogen (secondary N) is 1. The number of ether oxygens (including phenoxy) is 1. The summed E-state index contributed by atoms with van der Waals surface area (Å²) in [5.41, 5.74) is 1.46. The lowest BCUT2D eigenvalue weighted by Gasteiger charge is -2.24. The smallest absolute Gasteiger partial charge is 0.0756 e. The molecule has 2 fully saturated rings. The van der Waals surface area contributed by atoms with Gasteiger partial charge in [0, 0.05) is 15.8 Å². The predicted octanol–water partition coefficient (Wildman–Crippen LogP) is 4.19. The van der Waals surface area contributed by atoms with E-state index >= 15 is 0 Å². The maximum atomic E-state index is 6.29. The van der Waals surface area contributed by atoms with E-state index in [1.807, 2.05) is 0 Å². The molecule has 1 aliphatic carbocycles. The molecule has 1 heterocycles. The third-order valence-electron chi connectivity index (χ3n) is 4.23. The number of hydrogen-bond donors (Lipinski definition) is 1. The van der Waals surface area contributed by atoms with Gasteiger partial charge in [0.2, 0.25) is 0 Å². The van der Waals surface area contributed by atoms with Crippen LogP contribution in [0.2, 0.25) is 0 Å². The minimum absolute atomic E-state index is 0.262. The molecule has 98 valence electrons. The molecule has 3 heteroatoms. The van der Waals surface area contributed by atoms with Crippen LogP contribution >= 0.6 is 22.6 Å². The predicted molar refractivity (Wildman–Crippen MR) is 83.0 cm³/mol. The Morgan fingerprint density at radius 2 is 1.89 bits per heavy atom. The summed E-state index contributed by atoms with van der Waals surface area (Å²) in [6, 6.07) is 8.55. The summed E-state index contributed by atoms with van der Waals surface area (Å²) < 4.78 is 7.57. The maximum absolute atomic E-state index is 6.29. The average molecular weight is 357 g/mol. The molecule has 0 aromatic heterocycles. The summed E-state index contributed by atoms with van der Waals surface area (Å²) in [5, 5.41) is 3.49. The zero-order valence-electron chi connectivity index (χ0n) is 10.6. The molecule has 2 nitrogen and oxygen atoms in total. The molecule has 1 saturated heterocycles. The van der Waals surface area contributed by atoms with Gasteiger partial charge in [0.05, 0.1) is 11.7 Å². The highest BCUT2D eigenvalue weighted by Crippen LogP contribution is 2.43. The van der Waals surface area contributed by atoms with E-state index in [-0.39, 0.29) is 5.60 Å². The fraction of sp³-hybridized carbons (Fsp3) is 0.600. The van der Waals surface area contributed by atoms with Crippen molar-refractivity contribution in [3.05, 3.63) is 27.8 Å². The van der Waals surface area contributed by atoms with Gasteiger partial charge >= 0.3 is 0 Å². The van der Waals surface area contributed by atoms with Crippen LogP contribution in [0.3, 0.4) is 0 Å². The number of halogens is 1. The highest BCUT2D eigenvalue weighted by molar-refractivity contribution is 14.1. The highest BCUT2D eigenvalue weighted by atomic mass is 127. The van der Waals surface area contributed by atoms with E-state index in [4.69, 9.17) is 4.74 Å². The number of benzene rings is 1. The van der Waals surface area contributed by atoms with Crippen LogP contribution in [-0.2, 0) is 4.74 Å². The van der Waals surface area contributed by atoms with Gasteiger partial charge in [0.1, 0.15) is 0 Å². The van der Waals surface area contributed by atoms with E-state index in [1.165, 1.54) is 47.8 Å². The topological polar surface area (TPSA) is 21.3 Å². The van der Waals surface area contributed by atoms with Crippen molar-refractivity contribution in [1.82, 2.24) is 0 Å². The molecule has 1 atom stereocenters. The molecule has 2 aliphatic rings. The van der Waals surface area contributed by atoms with Gasteiger partial charge in [-0.2, -0.15) is 0 Å². The number of hydrogen-bond acceptors (Lipinski definition) is 2. The molecule has 1 unspecified atom stereocenters. The summed E-state index contributed by atoms with van der Waals surface area (Å²) in [6.07, 6.45) is 8.18. The molecule has 0 bridgehead atoms. The first-order valence-corrected chi connectivity index (χ1v) is 8.01. The Morgan fingerprint density at radius 1 is 1.17 bits per heavy atom. The van der Waals surface area contributed by atoms with Gasteiger partial charge in [0.15, 0.2) is 0 Å². The Balaban J connectivity index is 1.51. The van der Waals surface area contributed by atoms with E-state index < -0.39 is 0 Å². The van der Waals surface area contributed by atoms with Gasteiger partial charge in [-0.25, -0.2) is 0 Å². The zero-order chi connectivity index (χ0) is 12.4. The Morgan fingerprint density at radius 3 is 2.61 bits per heavy atom. The lowest BCUT2D eigenvalue weighted by Crippen LogP contribution is -2.27. The summed E-state index contributed by atoms with van der Waals surface area (Å²) in [6.45, 7) is 0.947. The lowest BCUT2D eigenvalue weighted by atomic mass is 9.98. The number of anilines is 1. The van der Waals surface area contributed by atoms with Crippen molar-refractivity contribution in [1.29, 1.82) is 0 Å². The number of rotatable bonds is 3. The quantitative estimate of drug-likeness (QED) is 0.819. The van der Waals surface area contributed by atoms with Crippen molar-refractivity contribution in [2.75, 3.05) is 11.9 Å². The Labute approximate surface area is 123 Å². The van der Waals surface area contributed by atoms with E-state index in [9.17, 15) is 0 Å². The van der Waals surface area contributed by atoms with Crippen molar-refractivity contribution >= 4 is 28.3 Å². The van der Waals surface area contributed by atoms with Crippen LogP contribution in [0.1, 0.15) is 38.5 Å². The zero-order valence-corrected chi connectivity index (χ0v) is 12.8. The Hall–Kier alpha value is -0.290. The second-order valence-corrected chi connectivity index (χ2v) is 6.80. The van der Waals surface area contributed by atoms with Crippen molar-refractivity contribution < 1.29 is 4.74 Å². The summed E-state index contributed by atoms with van der Waals surface area (Å²) in [7, 11) is 0.